The number of hydrogen-bond acceptors (Lipinski definition) is 7. The topological polar surface area (TPSA) is 130 Å². The zero-order valence-electron chi connectivity index (χ0n) is 22.0. The molecule has 2 saturated heterocycles. The molecule has 6 rings (SSSR count). The number of carboxylic acids is 1. The maximum Gasteiger partial charge on any atom is 0.335 e. The number of halogens is 2. The van der Waals surface area contributed by atoms with Crippen molar-refractivity contribution in [3.63, 3.8) is 0 Å². The standard InChI is InChI=1S/C28H29ClFN5O4.H3N/c29-21-3-1-20(23(30)14-21)17-39-35-11-7-24(32-35)18-5-9-33(10-6-18)16-27-31-25-4-2-19(28(36)37)13-26(25)34(27)15-22-8-12-38-22;/h1-4,7,11,13-14,18,22H,5-6,8-10,12,15-17H2,(H,36,37);1H3/t22-;/m0./s1. The number of carbonyl (C=O) groups is 1. The second-order valence-electron chi connectivity index (χ2n) is 10.1. The lowest BCUT2D eigenvalue weighted by atomic mass is 9.94. The fourth-order valence-electron chi connectivity index (χ4n) is 5.23. The minimum absolute atomic E-state index is 0. The third-order valence-corrected chi connectivity index (χ3v) is 7.81. The van der Waals surface area contributed by atoms with Crippen LogP contribution in [0.2, 0.25) is 5.02 Å². The minimum Gasteiger partial charge on any atom is -0.478 e. The van der Waals surface area contributed by atoms with Crippen LogP contribution in [-0.2, 0) is 24.4 Å². The summed E-state index contributed by atoms with van der Waals surface area (Å²) in [4.78, 5) is 25.8. The number of hydrogen-bond donors (Lipinski definition) is 2. The van der Waals surface area contributed by atoms with Crippen molar-refractivity contribution in [1.29, 1.82) is 0 Å². The zero-order chi connectivity index (χ0) is 26.9. The average Bonchev–Trinajstić information content (AvgIpc) is 3.50. The van der Waals surface area contributed by atoms with Crippen LogP contribution in [0.1, 0.15) is 52.6 Å². The van der Waals surface area contributed by atoms with E-state index < -0.39 is 11.8 Å². The summed E-state index contributed by atoms with van der Waals surface area (Å²) in [6.07, 6.45) is 4.77. The zero-order valence-corrected chi connectivity index (χ0v) is 22.8. The van der Waals surface area contributed by atoms with Crippen molar-refractivity contribution < 1.29 is 23.9 Å². The van der Waals surface area contributed by atoms with Crippen LogP contribution in [0.15, 0.2) is 48.7 Å². The summed E-state index contributed by atoms with van der Waals surface area (Å²) in [7, 11) is 0. The van der Waals surface area contributed by atoms with Gasteiger partial charge in [-0.25, -0.2) is 14.2 Å². The molecule has 1 atom stereocenters. The van der Waals surface area contributed by atoms with Gasteiger partial charge in [-0.2, -0.15) is 0 Å². The fourth-order valence-corrected chi connectivity index (χ4v) is 5.39. The number of fused-ring (bicyclic) bond motifs is 1. The highest BCUT2D eigenvalue weighted by Gasteiger charge is 2.26. The van der Waals surface area contributed by atoms with E-state index in [-0.39, 0.29) is 24.4 Å². The molecular formula is C28H32ClFN6O4. The summed E-state index contributed by atoms with van der Waals surface area (Å²) in [5, 5.41) is 14.4. The first-order valence-corrected chi connectivity index (χ1v) is 13.5. The molecule has 10 nitrogen and oxygen atoms in total. The number of aromatic nitrogens is 4. The Hall–Kier alpha value is -3.51. The quantitative estimate of drug-likeness (QED) is 0.297. The Balaban J connectivity index is 0.00000323. The van der Waals surface area contributed by atoms with E-state index in [0.29, 0.717) is 29.6 Å². The summed E-state index contributed by atoms with van der Waals surface area (Å²) in [6, 6.07) is 11.6. The summed E-state index contributed by atoms with van der Waals surface area (Å²) in [5.74, 6) is -0.122. The second kappa shape index (κ2) is 11.9. The molecule has 4 N–H and O–H groups in total. The first-order chi connectivity index (χ1) is 18.9. The van der Waals surface area contributed by atoms with E-state index in [9.17, 15) is 14.3 Å². The molecule has 0 radical (unpaired) electrons. The largest absolute Gasteiger partial charge is 0.478 e. The maximum absolute atomic E-state index is 14.0. The smallest absolute Gasteiger partial charge is 0.335 e. The van der Waals surface area contributed by atoms with Gasteiger partial charge in [0.15, 0.2) is 0 Å². The Morgan fingerprint density at radius 2 is 1.95 bits per heavy atom. The van der Waals surface area contributed by atoms with Crippen LogP contribution in [0.4, 0.5) is 4.39 Å². The normalized spacial score (nSPS) is 17.9. The number of ether oxygens (including phenoxy) is 1. The molecule has 4 aromatic rings. The van der Waals surface area contributed by atoms with Gasteiger partial charge in [0, 0.05) is 23.1 Å². The molecular weight excluding hydrogens is 539 g/mol. The van der Waals surface area contributed by atoms with Gasteiger partial charge in [0.25, 0.3) is 0 Å². The van der Waals surface area contributed by atoms with Crippen LogP contribution >= 0.6 is 11.6 Å². The molecule has 0 bridgehead atoms. The van der Waals surface area contributed by atoms with Gasteiger partial charge in [0.1, 0.15) is 18.2 Å². The van der Waals surface area contributed by atoms with E-state index >= 15 is 0 Å². The molecule has 0 amide bonds. The Morgan fingerprint density at radius 3 is 2.65 bits per heavy atom. The van der Waals surface area contributed by atoms with E-state index in [1.54, 1.807) is 36.5 Å². The first-order valence-electron chi connectivity index (χ1n) is 13.1. The molecule has 12 heteroatoms. The van der Waals surface area contributed by atoms with Crippen LogP contribution in [0.3, 0.4) is 0 Å². The van der Waals surface area contributed by atoms with Crippen LogP contribution in [0, 0.1) is 5.82 Å². The molecule has 2 aromatic heterocycles. The molecule has 0 saturated carbocycles. The van der Waals surface area contributed by atoms with E-state index in [1.807, 2.05) is 6.07 Å². The number of nitrogens with zero attached hydrogens (tertiary/aromatic N) is 5. The monoisotopic (exact) mass is 570 g/mol. The van der Waals surface area contributed by atoms with Crippen molar-refractivity contribution >= 4 is 28.6 Å². The van der Waals surface area contributed by atoms with E-state index in [1.165, 1.54) is 10.9 Å². The molecule has 2 aromatic carbocycles. The minimum atomic E-state index is -0.946. The number of rotatable bonds is 9. The van der Waals surface area contributed by atoms with Gasteiger partial charge in [-0.1, -0.05) is 17.7 Å². The number of benzene rings is 2. The number of likely N-dealkylation sites (tertiary alicyclic amines) is 1. The van der Waals surface area contributed by atoms with Crippen molar-refractivity contribution in [2.45, 2.75) is 51.0 Å². The van der Waals surface area contributed by atoms with Crippen molar-refractivity contribution in [2.75, 3.05) is 19.7 Å². The molecule has 2 aliphatic rings. The van der Waals surface area contributed by atoms with Gasteiger partial charge >= 0.3 is 5.97 Å². The molecule has 40 heavy (non-hydrogen) atoms. The first kappa shape index (κ1) is 28.0. The highest BCUT2D eigenvalue weighted by molar-refractivity contribution is 6.30. The summed E-state index contributed by atoms with van der Waals surface area (Å²) < 4.78 is 21.8. The van der Waals surface area contributed by atoms with E-state index in [0.717, 1.165) is 61.5 Å². The van der Waals surface area contributed by atoms with E-state index in [4.69, 9.17) is 26.2 Å². The maximum atomic E-state index is 14.0. The van der Waals surface area contributed by atoms with Gasteiger partial charge in [-0.3, -0.25) is 4.90 Å². The second-order valence-corrected chi connectivity index (χ2v) is 10.6. The summed E-state index contributed by atoms with van der Waals surface area (Å²) in [5.41, 5.74) is 3.26. The Bertz CT molecular complexity index is 1500. The molecule has 0 aliphatic carbocycles. The van der Waals surface area contributed by atoms with Gasteiger partial charge in [-0.15, -0.1) is 9.94 Å². The van der Waals surface area contributed by atoms with Crippen LogP contribution in [-0.4, -0.2) is 61.3 Å². The molecule has 0 spiro atoms. The Morgan fingerprint density at radius 1 is 1.15 bits per heavy atom. The lowest BCUT2D eigenvalue weighted by molar-refractivity contribution is -0.0592. The SMILES string of the molecule is N.O=C(O)c1ccc2nc(CN3CCC(c4ccn(OCc5ccc(Cl)cc5F)n4)CC3)n(C[C@@H]3CCO3)c2c1. The highest BCUT2D eigenvalue weighted by Crippen LogP contribution is 2.29. The Labute approximate surface area is 235 Å². The predicted octanol–water partition coefficient (Wildman–Crippen LogP) is 4.68. The van der Waals surface area contributed by atoms with Gasteiger partial charge in [0.2, 0.25) is 0 Å². The van der Waals surface area contributed by atoms with Crippen LogP contribution < -0.4 is 11.0 Å². The van der Waals surface area contributed by atoms with Gasteiger partial charge in [0.05, 0.1) is 47.7 Å². The fraction of sp³-hybridized carbons (Fsp3) is 0.393. The van der Waals surface area contributed by atoms with Crippen molar-refractivity contribution in [3.8, 4) is 0 Å². The number of piperidine rings is 1. The van der Waals surface area contributed by atoms with Crippen molar-refractivity contribution in [2.24, 2.45) is 0 Å². The predicted molar refractivity (Wildman–Crippen MR) is 147 cm³/mol. The molecule has 2 aliphatic heterocycles. The molecule has 0 unspecified atom stereocenters. The Kier molecular flexibility index (Phi) is 8.36. The van der Waals surface area contributed by atoms with Gasteiger partial charge < -0.3 is 25.4 Å². The number of aromatic carboxylic acids is 1. The third kappa shape index (κ3) is 5.97. The van der Waals surface area contributed by atoms with E-state index in [2.05, 4.69) is 14.6 Å². The lowest BCUT2D eigenvalue weighted by Gasteiger charge is -2.32. The molecule has 4 heterocycles. The highest BCUT2D eigenvalue weighted by atomic mass is 35.5. The lowest BCUT2D eigenvalue weighted by Crippen LogP contribution is -2.35. The summed E-state index contributed by atoms with van der Waals surface area (Å²) >= 11 is 5.82. The number of imidazole rings is 1. The van der Waals surface area contributed by atoms with Crippen LogP contribution in [0.5, 0.6) is 0 Å². The third-order valence-electron chi connectivity index (χ3n) is 7.58. The summed E-state index contributed by atoms with van der Waals surface area (Å²) in [6.45, 7) is 3.95. The van der Waals surface area contributed by atoms with Crippen LogP contribution in [0.25, 0.3) is 11.0 Å². The van der Waals surface area contributed by atoms with Gasteiger partial charge in [-0.05, 0) is 68.8 Å². The molecule has 212 valence electrons. The van der Waals surface area contributed by atoms with Crippen molar-refractivity contribution in [3.05, 3.63) is 82.1 Å². The average molecular weight is 571 g/mol. The van der Waals surface area contributed by atoms with Crippen molar-refractivity contribution in [1.82, 2.24) is 30.5 Å². The molecule has 2 fully saturated rings. The number of carboxylic acid groups (broad SMARTS) is 1.